The van der Waals surface area contributed by atoms with Crippen LogP contribution in [0.15, 0.2) is 18.2 Å². The van der Waals surface area contributed by atoms with Crippen LogP contribution in [0, 0.1) is 0 Å². The number of piperidine rings is 1. The summed E-state index contributed by atoms with van der Waals surface area (Å²) in [6, 6.07) is 5.87. The highest BCUT2D eigenvalue weighted by Crippen LogP contribution is 2.23. The number of para-hydroxylation sites is 1. The first-order valence-electron chi connectivity index (χ1n) is 6.53. The quantitative estimate of drug-likeness (QED) is 0.836. The number of benzene rings is 1. The Labute approximate surface area is 103 Å². The lowest BCUT2D eigenvalue weighted by atomic mass is 10.0. The van der Waals surface area contributed by atoms with Crippen molar-refractivity contribution in [2.45, 2.75) is 32.2 Å². The van der Waals surface area contributed by atoms with Crippen LogP contribution in [-0.4, -0.2) is 29.6 Å². The number of phenolic OH excluding ortho intramolecular Hbond substituents is 1. The number of nitrogens with zero attached hydrogens (tertiary/aromatic N) is 1. The molecule has 2 rings (SSSR count). The first kappa shape index (κ1) is 12.4. The molecule has 17 heavy (non-hydrogen) atoms. The van der Waals surface area contributed by atoms with Crippen molar-refractivity contribution in [2.75, 3.05) is 19.6 Å². The first-order valence-corrected chi connectivity index (χ1v) is 6.53. The van der Waals surface area contributed by atoms with Gasteiger partial charge in [-0.3, -0.25) is 0 Å². The molecule has 0 unspecified atom stereocenters. The highest BCUT2D eigenvalue weighted by molar-refractivity contribution is 5.40. The lowest BCUT2D eigenvalue weighted by molar-refractivity contribution is 0.231. The Balaban J connectivity index is 1.93. The standard InChI is InChI=1S/C14H22N2O/c15-11-13-6-4-5-12(14(13)17)7-10-16-8-2-1-3-9-16/h4-6,17H,1-3,7-11,15H2. The van der Waals surface area contributed by atoms with Crippen molar-refractivity contribution in [3.05, 3.63) is 29.3 Å². The maximum absolute atomic E-state index is 10.0. The minimum atomic E-state index is 0.395. The van der Waals surface area contributed by atoms with E-state index in [0.717, 1.165) is 24.1 Å². The molecule has 1 aromatic carbocycles. The molecule has 0 saturated carbocycles. The van der Waals surface area contributed by atoms with Crippen LogP contribution in [0.2, 0.25) is 0 Å². The van der Waals surface area contributed by atoms with Crippen molar-refractivity contribution < 1.29 is 5.11 Å². The van der Waals surface area contributed by atoms with E-state index < -0.39 is 0 Å². The smallest absolute Gasteiger partial charge is 0.123 e. The predicted molar refractivity (Wildman–Crippen MR) is 70.0 cm³/mol. The average Bonchev–Trinajstić information content (AvgIpc) is 2.39. The van der Waals surface area contributed by atoms with Gasteiger partial charge in [0.2, 0.25) is 0 Å². The third-order valence-electron chi connectivity index (χ3n) is 3.57. The molecule has 1 saturated heterocycles. The van der Waals surface area contributed by atoms with Crippen molar-refractivity contribution in [3.63, 3.8) is 0 Å². The largest absolute Gasteiger partial charge is 0.507 e. The van der Waals surface area contributed by atoms with E-state index in [-0.39, 0.29) is 0 Å². The monoisotopic (exact) mass is 234 g/mol. The van der Waals surface area contributed by atoms with Crippen LogP contribution < -0.4 is 5.73 Å². The van der Waals surface area contributed by atoms with Gasteiger partial charge >= 0.3 is 0 Å². The lowest BCUT2D eigenvalue weighted by Crippen LogP contribution is -2.31. The molecule has 0 aromatic heterocycles. The van der Waals surface area contributed by atoms with E-state index in [0.29, 0.717) is 12.3 Å². The Kier molecular flexibility index (Phi) is 4.40. The number of phenols is 1. The van der Waals surface area contributed by atoms with E-state index >= 15 is 0 Å². The fraction of sp³-hybridized carbons (Fsp3) is 0.571. The number of hydrogen-bond donors (Lipinski definition) is 2. The van der Waals surface area contributed by atoms with Gasteiger partial charge in [-0.05, 0) is 37.9 Å². The summed E-state index contributed by atoms with van der Waals surface area (Å²) in [6.07, 6.45) is 4.91. The fourth-order valence-electron chi connectivity index (χ4n) is 2.47. The molecule has 0 aliphatic carbocycles. The Morgan fingerprint density at radius 3 is 2.53 bits per heavy atom. The van der Waals surface area contributed by atoms with Gasteiger partial charge in [-0.25, -0.2) is 0 Å². The number of aromatic hydroxyl groups is 1. The predicted octanol–water partition coefficient (Wildman–Crippen LogP) is 1.88. The summed E-state index contributed by atoms with van der Waals surface area (Å²) in [4.78, 5) is 2.48. The van der Waals surface area contributed by atoms with Crippen LogP contribution in [0.3, 0.4) is 0 Å². The summed E-state index contributed by atoms with van der Waals surface area (Å²) < 4.78 is 0. The minimum Gasteiger partial charge on any atom is -0.507 e. The molecule has 0 radical (unpaired) electrons. The molecule has 1 aliphatic heterocycles. The van der Waals surface area contributed by atoms with Crippen LogP contribution >= 0.6 is 0 Å². The number of hydrogen-bond acceptors (Lipinski definition) is 3. The first-order chi connectivity index (χ1) is 8.31. The van der Waals surface area contributed by atoms with Crippen molar-refractivity contribution in [1.29, 1.82) is 0 Å². The van der Waals surface area contributed by atoms with Crippen LogP contribution in [0.4, 0.5) is 0 Å². The molecule has 3 nitrogen and oxygen atoms in total. The molecule has 1 heterocycles. The number of rotatable bonds is 4. The summed E-state index contributed by atoms with van der Waals surface area (Å²) >= 11 is 0. The molecular formula is C14H22N2O. The Hall–Kier alpha value is -1.06. The Morgan fingerprint density at radius 2 is 1.82 bits per heavy atom. The van der Waals surface area contributed by atoms with Crippen LogP contribution in [0.5, 0.6) is 5.75 Å². The Morgan fingerprint density at radius 1 is 1.12 bits per heavy atom. The fourth-order valence-corrected chi connectivity index (χ4v) is 2.47. The molecule has 94 valence electrons. The zero-order chi connectivity index (χ0) is 12.1. The maximum atomic E-state index is 10.0. The normalized spacial score (nSPS) is 17.2. The molecule has 1 aliphatic rings. The molecule has 3 heteroatoms. The lowest BCUT2D eigenvalue weighted by Gasteiger charge is -2.26. The van der Waals surface area contributed by atoms with Crippen molar-refractivity contribution in [2.24, 2.45) is 5.73 Å². The third kappa shape index (κ3) is 3.20. The summed E-state index contributed by atoms with van der Waals surface area (Å²) in [5.74, 6) is 0.395. The second-order valence-corrected chi connectivity index (χ2v) is 4.78. The zero-order valence-electron chi connectivity index (χ0n) is 10.4. The highest BCUT2D eigenvalue weighted by Gasteiger charge is 2.11. The van der Waals surface area contributed by atoms with Gasteiger partial charge in [-0.15, -0.1) is 0 Å². The summed E-state index contributed by atoms with van der Waals surface area (Å²) in [5, 5.41) is 10.0. The van der Waals surface area contributed by atoms with Gasteiger partial charge in [-0.1, -0.05) is 24.6 Å². The SMILES string of the molecule is NCc1cccc(CCN2CCCCC2)c1O. The molecule has 3 N–H and O–H groups in total. The second-order valence-electron chi connectivity index (χ2n) is 4.78. The van der Waals surface area contributed by atoms with Crippen LogP contribution in [0.1, 0.15) is 30.4 Å². The summed E-state index contributed by atoms with van der Waals surface area (Å²) in [5.41, 5.74) is 7.46. The molecule has 0 bridgehead atoms. The molecule has 1 fully saturated rings. The van der Waals surface area contributed by atoms with Crippen molar-refractivity contribution in [1.82, 2.24) is 4.90 Å². The van der Waals surface area contributed by atoms with Crippen molar-refractivity contribution >= 4 is 0 Å². The molecule has 1 aromatic rings. The van der Waals surface area contributed by atoms with Gasteiger partial charge in [0.05, 0.1) is 0 Å². The number of likely N-dealkylation sites (tertiary alicyclic amines) is 1. The van der Waals surface area contributed by atoms with Gasteiger partial charge in [0.1, 0.15) is 5.75 Å². The highest BCUT2D eigenvalue weighted by atomic mass is 16.3. The van der Waals surface area contributed by atoms with E-state index in [1.807, 2.05) is 18.2 Å². The summed E-state index contributed by atoms with van der Waals surface area (Å²) in [6.45, 7) is 3.86. The van der Waals surface area contributed by atoms with Crippen LogP contribution in [0.25, 0.3) is 0 Å². The molecule has 0 amide bonds. The second kappa shape index (κ2) is 6.03. The molecule has 0 atom stereocenters. The van der Waals surface area contributed by atoms with E-state index in [1.165, 1.54) is 32.4 Å². The van der Waals surface area contributed by atoms with E-state index in [9.17, 15) is 5.11 Å². The van der Waals surface area contributed by atoms with E-state index in [1.54, 1.807) is 0 Å². The molecule has 0 spiro atoms. The van der Waals surface area contributed by atoms with Crippen LogP contribution in [-0.2, 0) is 13.0 Å². The molecular weight excluding hydrogens is 212 g/mol. The van der Waals surface area contributed by atoms with Gasteiger partial charge in [0.25, 0.3) is 0 Å². The van der Waals surface area contributed by atoms with Gasteiger partial charge in [0.15, 0.2) is 0 Å². The number of nitrogens with two attached hydrogens (primary N) is 1. The zero-order valence-corrected chi connectivity index (χ0v) is 10.4. The van der Waals surface area contributed by atoms with Gasteiger partial charge in [-0.2, -0.15) is 0 Å². The van der Waals surface area contributed by atoms with E-state index in [4.69, 9.17) is 5.73 Å². The van der Waals surface area contributed by atoms with Gasteiger partial charge in [0, 0.05) is 18.7 Å². The Bertz CT molecular complexity index is 359. The van der Waals surface area contributed by atoms with Crippen molar-refractivity contribution in [3.8, 4) is 5.75 Å². The summed E-state index contributed by atoms with van der Waals surface area (Å²) in [7, 11) is 0. The van der Waals surface area contributed by atoms with Gasteiger partial charge < -0.3 is 15.7 Å². The minimum absolute atomic E-state index is 0.395. The average molecular weight is 234 g/mol. The van der Waals surface area contributed by atoms with E-state index in [2.05, 4.69) is 4.90 Å². The third-order valence-corrected chi connectivity index (χ3v) is 3.57. The topological polar surface area (TPSA) is 49.5 Å². The maximum Gasteiger partial charge on any atom is 0.123 e.